The van der Waals surface area contributed by atoms with Crippen LogP contribution in [0.1, 0.15) is 11.1 Å². The van der Waals surface area contributed by atoms with Crippen LogP contribution >= 0.6 is 0 Å². The van der Waals surface area contributed by atoms with Crippen LogP contribution in [0.15, 0.2) is 48.5 Å². The average Bonchev–Trinajstić information content (AvgIpc) is 2.55. The number of nitrogens with one attached hydrogen (secondary N) is 1. The molecule has 0 radical (unpaired) electrons. The molecule has 0 heterocycles. The molecule has 2 aromatic carbocycles. The first kappa shape index (κ1) is 14.9. The van der Waals surface area contributed by atoms with Crippen LogP contribution in [0.3, 0.4) is 0 Å². The molecule has 0 aliphatic rings. The molecule has 108 valence electrons. The molecule has 0 aliphatic carbocycles. The quantitative estimate of drug-likeness (QED) is 0.792. The third kappa shape index (κ3) is 4.83. The van der Waals surface area contributed by atoms with Crippen LogP contribution in [-0.4, -0.2) is 20.3 Å². The van der Waals surface area contributed by atoms with Gasteiger partial charge in [0.25, 0.3) is 0 Å². The summed E-state index contributed by atoms with van der Waals surface area (Å²) < 4.78 is 10.4. The molecule has 0 spiro atoms. The van der Waals surface area contributed by atoms with Crippen molar-refractivity contribution < 1.29 is 9.47 Å². The number of ether oxygens (including phenoxy) is 2. The minimum Gasteiger partial charge on any atom is -0.491 e. The lowest BCUT2D eigenvalue weighted by atomic mass is 10.1. The molecule has 0 bridgehead atoms. The Kier molecular flexibility index (Phi) is 5.62. The number of methoxy groups -OCH3 is 1. The zero-order valence-corrected chi connectivity index (χ0v) is 12.0. The first-order chi connectivity index (χ1) is 10.3. The van der Waals surface area contributed by atoms with Gasteiger partial charge in [-0.3, -0.25) is 0 Å². The highest BCUT2D eigenvalue weighted by molar-refractivity contribution is 5.47. The van der Waals surface area contributed by atoms with E-state index >= 15 is 0 Å². The summed E-state index contributed by atoms with van der Waals surface area (Å²) in [7, 11) is 1.65. The van der Waals surface area contributed by atoms with E-state index in [0.717, 1.165) is 23.5 Å². The largest absolute Gasteiger partial charge is 0.491 e. The van der Waals surface area contributed by atoms with Crippen molar-refractivity contribution in [3.05, 3.63) is 59.7 Å². The van der Waals surface area contributed by atoms with E-state index < -0.39 is 0 Å². The molecule has 0 fully saturated rings. The third-order valence-corrected chi connectivity index (χ3v) is 2.99. The summed E-state index contributed by atoms with van der Waals surface area (Å²) in [6.07, 6.45) is 0. The maximum Gasteiger partial charge on any atom is 0.119 e. The van der Waals surface area contributed by atoms with Crippen molar-refractivity contribution in [2.24, 2.45) is 0 Å². The molecule has 0 aliphatic heterocycles. The molecular formula is C17H18N2O2. The van der Waals surface area contributed by atoms with Gasteiger partial charge in [-0.2, -0.15) is 5.26 Å². The van der Waals surface area contributed by atoms with Crippen molar-refractivity contribution in [1.29, 1.82) is 5.26 Å². The lowest BCUT2D eigenvalue weighted by molar-refractivity contribution is 0.146. The lowest BCUT2D eigenvalue weighted by Crippen LogP contribution is -2.04. The van der Waals surface area contributed by atoms with Gasteiger partial charge < -0.3 is 14.8 Å². The van der Waals surface area contributed by atoms with Gasteiger partial charge in [-0.1, -0.05) is 12.1 Å². The summed E-state index contributed by atoms with van der Waals surface area (Å²) in [4.78, 5) is 0. The minimum atomic E-state index is 0.550. The predicted octanol–water partition coefficient (Wildman–Crippen LogP) is 3.20. The van der Waals surface area contributed by atoms with Crippen LogP contribution < -0.4 is 10.1 Å². The fourth-order valence-electron chi connectivity index (χ4n) is 1.81. The Morgan fingerprint density at radius 2 is 1.71 bits per heavy atom. The zero-order chi connectivity index (χ0) is 14.9. The van der Waals surface area contributed by atoms with Gasteiger partial charge in [-0.25, -0.2) is 0 Å². The van der Waals surface area contributed by atoms with Crippen molar-refractivity contribution in [2.45, 2.75) is 6.54 Å². The van der Waals surface area contributed by atoms with Crippen LogP contribution in [0.5, 0.6) is 5.75 Å². The molecular weight excluding hydrogens is 264 g/mol. The molecule has 21 heavy (non-hydrogen) atoms. The summed E-state index contributed by atoms with van der Waals surface area (Å²) in [6.45, 7) is 1.85. The predicted molar refractivity (Wildman–Crippen MR) is 82.3 cm³/mol. The molecule has 0 saturated heterocycles. The number of benzene rings is 2. The fourth-order valence-corrected chi connectivity index (χ4v) is 1.81. The Morgan fingerprint density at radius 1 is 1.00 bits per heavy atom. The van der Waals surface area contributed by atoms with E-state index in [0.29, 0.717) is 18.8 Å². The Morgan fingerprint density at radius 3 is 2.33 bits per heavy atom. The highest BCUT2D eigenvalue weighted by Crippen LogP contribution is 2.16. The van der Waals surface area contributed by atoms with Crippen LogP contribution in [0.4, 0.5) is 5.69 Å². The fraction of sp³-hybridized carbons (Fsp3) is 0.235. The standard InChI is InChI=1S/C17H18N2O2/c1-20-10-11-21-17-8-6-16(7-9-17)19-13-15-4-2-14(12-18)3-5-15/h2-9,19H,10-11,13H2,1H3. The summed E-state index contributed by atoms with van der Waals surface area (Å²) in [5.41, 5.74) is 2.84. The molecule has 4 nitrogen and oxygen atoms in total. The smallest absolute Gasteiger partial charge is 0.119 e. The van der Waals surface area contributed by atoms with E-state index in [9.17, 15) is 0 Å². The number of nitriles is 1. The van der Waals surface area contributed by atoms with Crippen LogP contribution in [-0.2, 0) is 11.3 Å². The van der Waals surface area contributed by atoms with Crippen LogP contribution in [0.2, 0.25) is 0 Å². The van der Waals surface area contributed by atoms with Gasteiger partial charge in [0.2, 0.25) is 0 Å². The van der Waals surface area contributed by atoms with E-state index in [1.165, 1.54) is 0 Å². The zero-order valence-electron chi connectivity index (χ0n) is 12.0. The molecule has 4 heteroatoms. The summed E-state index contributed by atoms with van der Waals surface area (Å²) >= 11 is 0. The molecule has 2 rings (SSSR count). The number of anilines is 1. The Hall–Kier alpha value is -2.51. The normalized spacial score (nSPS) is 9.90. The highest BCUT2D eigenvalue weighted by Gasteiger charge is 1.97. The SMILES string of the molecule is COCCOc1ccc(NCc2ccc(C#N)cc2)cc1. The van der Waals surface area contributed by atoms with Crippen molar-refractivity contribution >= 4 is 5.69 Å². The first-order valence-corrected chi connectivity index (χ1v) is 6.76. The molecule has 0 aromatic heterocycles. The Labute approximate surface area is 124 Å². The van der Waals surface area contributed by atoms with Crippen molar-refractivity contribution in [2.75, 3.05) is 25.6 Å². The van der Waals surface area contributed by atoms with Gasteiger partial charge in [0.15, 0.2) is 0 Å². The van der Waals surface area contributed by atoms with Crippen LogP contribution in [0.25, 0.3) is 0 Å². The van der Waals surface area contributed by atoms with Gasteiger partial charge in [-0.15, -0.1) is 0 Å². The van der Waals surface area contributed by atoms with E-state index in [2.05, 4.69) is 11.4 Å². The van der Waals surface area contributed by atoms with E-state index in [1.54, 1.807) is 7.11 Å². The van der Waals surface area contributed by atoms with Crippen molar-refractivity contribution in [3.8, 4) is 11.8 Å². The number of hydrogen-bond acceptors (Lipinski definition) is 4. The van der Waals surface area contributed by atoms with E-state index in [-0.39, 0.29) is 0 Å². The monoisotopic (exact) mass is 282 g/mol. The summed E-state index contributed by atoms with van der Waals surface area (Å²) in [5, 5.41) is 12.1. The van der Waals surface area contributed by atoms with Gasteiger partial charge in [0.05, 0.1) is 18.2 Å². The van der Waals surface area contributed by atoms with E-state index in [1.807, 2.05) is 48.5 Å². The summed E-state index contributed by atoms with van der Waals surface area (Å²) in [5.74, 6) is 0.830. The molecule has 2 aromatic rings. The van der Waals surface area contributed by atoms with Crippen molar-refractivity contribution in [1.82, 2.24) is 0 Å². The molecule has 0 saturated carbocycles. The number of hydrogen-bond donors (Lipinski definition) is 1. The van der Waals surface area contributed by atoms with Gasteiger partial charge >= 0.3 is 0 Å². The van der Waals surface area contributed by atoms with Crippen molar-refractivity contribution in [3.63, 3.8) is 0 Å². The maximum atomic E-state index is 8.75. The Balaban J connectivity index is 1.84. The minimum absolute atomic E-state index is 0.550. The summed E-state index contributed by atoms with van der Waals surface area (Å²) in [6, 6.07) is 17.5. The third-order valence-electron chi connectivity index (χ3n) is 2.99. The second kappa shape index (κ2) is 7.93. The van der Waals surface area contributed by atoms with Gasteiger partial charge in [0, 0.05) is 19.3 Å². The molecule has 0 unspecified atom stereocenters. The number of nitrogens with zero attached hydrogens (tertiary/aromatic N) is 1. The number of rotatable bonds is 7. The lowest BCUT2D eigenvalue weighted by Gasteiger charge is -2.09. The molecule has 1 N–H and O–H groups in total. The van der Waals surface area contributed by atoms with Gasteiger partial charge in [-0.05, 0) is 42.0 Å². The van der Waals surface area contributed by atoms with Gasteiger partial charge in [0.1, 0.15) is 12.4 Å². The topological polar surface area (TPSA) is 54.3 Å². The average molecular weight is 282 g/mol. The maximum absolute atomic E-state index is 8.75. The molecule has 0 atom stereocenters. The highest BCUT2D eigenvalue weighted by atomic mass is 16.5. The first-order valence-electron chi connectivity index (χ1n) is 6.76. The second-order valence-electron chi connectivity index (χ2n) is 4.53. The van der Waals surface area contributed by atoms with Crippen LogP contribution in [0, 0.1) is 11.3 Å². The molecule has 0 amide bonds. The Bertz CT molecular complexity index is 586. The second-order valence-corrected chi connectivity index (χ2v) is 4.53. The van der Waals surface area contributed by atoms with E-state index in [4.69, 9.17) is 14.7 Å².